The van der Waals surface area contributed by atoms with Crippen LogP contribution in [0.4, 0.5) is 0 Å². The molecule has 1 fully saturated rings. The third-order valence-electron chi connectivity index (χ3n) is 1.84. The average Bonchev–Trinajstić information content (AvgIpc) is 2.69. The molecule has 0 spiro atoms. The summed E-state index contributed by atoms with van der Waals surface area (Å²) in [4.78, 5) is 0. The Morgan fingerprint density at radius 2 is 1.80 bits per heavy atom. The Balaban J connectivity index is 2.20. The summed E-state index contributed by atoms with van der Waals surface area (Å²) in [6.07, 6.45) is 0. The zero-order valence-corrected chi connectivity index (χ0v) is 6.77. The van der Waals surface area contributed by atoms with Gasteiger partial charge in [-0.3, -0.25) is 0 Å². The van der Waals surface area contributed by atoms with Crippen molar-refractivity contribution in [3.63, 3.8) is 0 Å². The highest BCUT2D eigenvalue weighted by Gasteiger charge is 2.34. The highest BCUT2D eigenvalue weighted by molar-refractivity contribution is 8.07. The zero-order chi connectivity index (χ0) is 6.97. The molecule has 2 atom stereocenters. The van der Waals surface area contributed by atoms with E-state index in [9.17, 15) is 0 Å². The number of rotatable bonds is 1. The van der Waals surface area contributed by atoms with Crippen molar-refractivity contribution in [1.82, 2.24) is 0 Å². The van der Waals surface area contributed by atoms with Crippen molar-refractivity contribution >= 4 is 11.8 Å². The fourth-order valence-electron chi connectivity index (χ4n) is 1.18. The van der Waals surface area contributed by atoms with Gasteiger partial charge >= 0.3 is 0 Å². The fraction of sp³-hybridized carbons (Fsp3) is 0.333. The summed E-state index contributed by atoms with van der Waals surface area (Å²) in [5, 5.41) is 1.64. The molecule has 0 bridgehead atoms. The minimum atomic E-state index is 0.793. The van der Waals surface area contributed by atoms with Crippen molar-refractivity contribution < 1.29 is 0 Å². The Morgan fingerprint density at radius 3 is 2.30 bits per heavy atom. The molecule has 1 saturated heterocycles. The van der Waals surface area contributed by atoms with E-state index >= 15 is 0 Å². The largest absolute Gasteiger partial charge is 0.148 e. The van der Waals surface area contributed by atoms with Crippen LogP contribution in [0.1, 0.15) is 17.7 Å². The summed E-state index contributed by atoms with van der Waals surface area (Å²) < 4.78 is 0. The van der Waals surface area contributed by atoms with Crippen LogP contribution < -0.4 is 0 Å². The molecule has 1 aliphatic rings. The number of hydrogen-bond donors (Lipinski definition) is 0. The van der Waals surface area contributed by atoms with Gasteiger partial charge in [0, 0.05) is 10.5 Å². The van der Waals surface area contributed by atoms with Crippen molar-refractivity contribution in [3.8, 4) is 0 Å². The van der Waals surface area contributed by atoms with E-state index in [1.807, 2.05) is 11.8 Å². The summed E-state index contributed by atoms with van der Waals surface area (Å²) in [5.41, 5.74) is 1.49. The topological polar surface area (TPSA) is 0 Å². The summed E-state index contributed by atoms with van der Waals surface area (Å²) in [5.74, 6) is 0. The van der Waals surface area contributed by atoms with E-state index in [0.717, 1.165) is 10.5 Å². The molecule has 0 unspecified atom stereocenters. The number of benzene rings is 1. The van der Waals surface area contributed by atoms with Crippen LogP contribution in [0, 0.1) is 0 Å². The molecule has 0 N–H and O–H groups in total. The lowest BCUT2D eigenvalue weighted by molar-refractivity contribution is 1.04. The van der Waals surface area contributed by atoms with Crippen LogP contribution in [0.15, 0.2) is 30.3 Å². The van der Waals surface area contributed by atoms with Crippen molar-refractivity contribution in [2.45, 2.75) is 17.4 Å². The van der Waals surface area contributed by atoms with Gasteiger partial charge in [0.1, 0.15) is 0 Å². The number of hydrogen-bond acceptors (Lipinski definition) is 1. The Labute approximate surface area is 65.6 Å². The molecule has 1 heterocycles. The quantitative estimate of drug-likeness (QED) is 0.555. The second kappa shape index (κ2) is 2.31. The van der Waals surface area contributed by atoms with E-state index in [1.54, 1.807) is 0 Å². The maximum Gasteiger partial charge on any atom is 0.0416 e. The van der Waals surface area contributed by atoms with Crippen LogP contribution in [0.25, 0.3) is 0 Å². The van der Waals surface area contributed by atoms with E-state index in [2.05, 4.69) is 37.3 Å². The normalized spacial score (nSPS) is 30.1. The first kappa shape index (κ1) is 6.29. The molecule has 1 aliphatic heterocycles. The van der Waals surface area contributed by atoms with E-state index in [-0.39, 0.29) is 0 Å². The molecule has 2 rings (SSSR count). The molecule has 10 heavy (non-hydrogen) atoms. The summed E-state index contributed by atoms with van der Waals surface area (Å²) in [7, 11) is 0. The molecule has 1 aromatic carbocycles. The maximum absolute atomic E-state index is 2.28. The van der Waals surface area contributed by atoms with E-state index in [1.165, 1.54) is 5.56 Å². The summed E-state index contributed by atoms with van der Waals surface area (Å²) in [6, 6.07) is 10.7. The Bertz CT molecular complexity index is 217. The van der Waals surface area contributed by atoms with Crippen LogP contribution in [0.5, 0.6) is 0 Å². The van der Waals surface area contributed by atoms with Crippen LogP contribution in [-0.4, -0.2) is 5.25 Å². The van der Waals surface area contributed by atoms with Gasteiger partial charge in [-0.2, -0.15) is 0 Å². The van der Waals surface area contributed by atoms with Crippen LogP contribution in [-0.2, 0) is 0 Å². The first-order chi connectivity index (χ1) is 4.88. The predicted octanol–water partition coefficient (Wildman–Crippen LogP) is 2.86. The molecule has 52 valence electrons. The summed E-state index contributed by atoms with van der Waals surface area (Å²) in [6.45, 7) is 2.28. The third-order valence-corrected chi connectivity index (χ3v) is 3.20. The Kier molecular flexibility index (Phi) is 1.46. The van der Waals surface area contributed by atoms with E-state index < -0.39 is 0 Å². The van der Waals surface area contributed by atoms with Gasteiger partial charge in [0.25, 0.3) is 0 Å². The Morgan fingerprint density at radius 1 is 1.20 bits per heavy atom. The van der Waals surface area contributed by atoms with Gasteiger partial charge in [-0.25, -0.2) is 0 Å². The van der Waals surface area contributed by atoms with Crippen molar-refractivity contribution in [2.24, 2.45) is 0 Å². The lowest BCUT2D eigenvalue weighted by Gasteiger charge is -1.92. The van der Waals surface area contributed by atoms with E-state index in [4.69, 9.17) is 0 Å². The highest BCUT2D eigenvalue weighted by Crippen LogP contribution is 2.54. The Hall–Kier alpha value is -0.430. The average molecular weight is 150 g/mol. The number of thioether (sulfide) groups is 1. The van der Waals surface area contributed by atoms with Crippen LogP contribution >= 0.6 is 11.8 Å². The maximum atomic E-state index is 2.28. The monoisotopic (exact) mass is 150 g/mol. The van der Waals surface area contributed by atoms with Gasteiger partial charge in [0.05, 0.1) is 0 Å². The summed E-state index contributed by atoms with van der Waals surface area (Å²) >= 11 is 2.04. The van der Waals surface area contributed by atoms with Crippen molar-refractivity contribution in [2.75, 3.05) is 0 Å². The van der Waals surface area contributed by atoms with Gasteiger partial charge < -0.3 is 0 Å². The van der Waals surface area contributed by atoms with Gasteiger partial charge in [0.2, 0.25) is 0 Å². The van der Waals surface area contributed by atoms with E-state index in [0.29, 0.717) is 0 Å². The second-order valence-corrected chi connectivity index (χ2v) is 4.20. The van der Waals surface area contributed by atoms with Gasteiger partial charge in [-0.15, -0.1) is 11.8 Å². The van der Waals surface area contributed by atoms with Gasteiger partial charge in [-0.1, -0.05) is 37.3 Å². The molecule has 1 heteroatoms. The first-order valence-electron chi connectivity index (χ1n) is 3.58. The molecule has 0 aromatic heterocycles. The fourth-order valence-corrected chi connectivity index (χ4v) is 2.02. The molecule has 1 aromatic rings. The van der Waals surface area contributed by atoms with Gasteiger partial charge in [-0.05, 0) is 5.56 Å². The lowest BCUT2D eigenvalue weighted by atomic mass is 10.1. The van der Waals surface area contributed by atoms with Crippen molar-refractivity contribution in [3.05, 3.63) is 35.9 Å². The lowest BCUT2D eigenvalue weighted by Crippen LogP contribution is -1.80. The molecular formula is C9H10S. The highest BCUT2D eigenvalue weighted by atomic mass is 32.2. The molecule has 0 aliphatic carbocycles. The molecule has 0 nitrogen and oxygen atoms in total. The molecule has 0 saturated carbocycles. The smallest absolute Gasteiger partial charge is 0.0416 e. The molecule has 0 amide bonds. The van der Waals surface area contributed by atoms with Gasteiger partial charge in [0.15, 0.2) is 0 Å². The molecule has 0 radical (unpaired) electrons. The van der Waals surface area contributed by atoms with Crippen LogP contribution in [0.3, 0.4) is 0 Å². The van der Waals surface area contributed by atoms with Crippen LogP contribution in [0.2, 0.25) is 0 Å². The molecular weight excluding hydrogens is 140 g/mol. The standard InChI is InChI=1S/C9H10S/c1-7-9(10-7)8-5-3-2-4-6-8/h2-7,9H,1H3/t7-,9-/m0/s1. The SMILES string of the molecule is C[C@@H]1S[C@@H]1c1ccccc1. The zero-order valence-electron chi connectivity index (χ0n) is 5.95. The van der Waals surface area contributed by atoms with Crippen molar-refractivity contribution in [1.29, 1.82) is 0 Å². The minimum absolute atomic E-state index is 0.793. The third kappa shape index (κ3) is 1.06. The first-order valence-corrected chi connectivity index (χ1v) is 4.52. The second-order valence-electron chi connectivity index (χ2n) is 2.67. The minimum Gasteiger partial charge on any atom is -0.148 e. The predicted molar refractivity (Wildman–Crippen MR) is 46.2 cm³/mol.